The Morgan fingerprint density at radius 3 is 2.61 bits per heavy atom. The van der Waals surface area contributed by atoms with Gasteiger partial charge in [-0.2, -0.15) is 0 Å². The van der Waals surface area contributed by atoms with Crippen LogP contribution in [-0.2, 0) is 4.79 Å². The van der Waals surface area contributed by atoms with E-state index < -0.39 is 0 Å². The second-order valence-corrected chi connectivity index (χ2v) is 8.22. The number of rotatable bonds is 6. The Labute approximate surface area is 172 Å². The number of benzene rings is 1. The third kappa shape index (κ3) is 4.86. The third-order valence-electron chi connectivity index (χ3n) is 4.73. The van der Waals surface area contributed by atoms with Gasteiger partial charge in [-0.25, -0.2) is 14.4 Å². The molecule has 1 aromatic carbocycles. The normalized spacial score (nSPS) is 16.9. The highest BCUT2D eigenvalue weighted by molar-refractivity contribution is 7.99. The van der Waals surface area contributed by atoms with Crippen LogP contribution in [-0.4, -0.2) is 53.8 Å². The van der Waals surface area contributed by atoms with Gasteiger partial charge in [-0.15, -0.1) is 0 Å². The maximum atomic E-state index is 14.0. The van der Waals surface area contributed by atoms with Crippen LogP contribution in [0.1, 0.15) is 12.8 Å². The summed E-state index contributed by atoms with van der Waals surface area (Å²) in [5.74, 6) is 0.802. The average molecular weight is 422 g/mol. The molecular weight excluding hydrogens is 401 g/mol. The third-order valence-corrected chi connectivity index (χ3v) is 5.77. The van der Waals surface area contributed by atoms with Crippen molar-refractivity contribution in [3.63, 3.8) is 0 Å². The van der Waals surface area contributed by atoms with Crippen LogP contribution in [0.5, 0.6) is 0 Å². The fourth-order valence-corrected chi connectivity index (χ4v) is 4.02. The molecule has 1 aliphatic carbocycles. The fourth-order valence-electron chi connectivity index (χ4n) is 3.12. The van der Waals surface area contributed by atoms with E-state index in [-0.39, 0.29) is 17.5 Å². The molecule has 1 saturated carbocycles. The standard InChI is InChI=1S/C19H21ClFN5OS/c20-16-11-17(24-19(23-16)28-12-18(27)22-13-5-6-13)26-9-7-25(8-10-26)15-4-2-1-3-14(15)21/h1-4,11,13H,5-10,12H2,(H,22,27). The largest absolute Gasteiger partial charge is 0.366 e. The molecule has 2 heterocycles. The first-order valence-electron chi connectivity index (χ1n) is 9.29. The van der Waals surface area contributed by atoms with Gasteiger partial charge in [0.25, 0.3) is 0 Å². The minimum atomic E-state index is -0.204. The summed E-state index contributed by atoms with van der Waals surface area (Å²) in [5.41, 5.74) is 0.626. The number of nitrogens with one attached hydrogen (secondary N) is 1. The molecule has 148 valence electrons. The fraction of sp³-hybridized carbons (Fsp3) is 0.421. The van der Waals surface area contributed by atoms with Gasteiger partial charge in [-0.1, -0.05) is 35.5 Å². The molecule has 1 aromatic heterocycles. The van der Waals surface area contributed by atoms with Crippen LogP contribution in [0.25, 0.3) is 0 Å². The first-order valence-corrected chi connectivity index (χ1v) is 10.7. The Balaban J connectivity index is 1.37. The van der Waals surface area contributed by atoms with Crippen molar-refractivity contribution in [3.05, 3.63) is 41.3 Å². The predicted molar refractivity (Wildman–Crippen MR) is 110 cm³/mol. The van der Waals surface area contributed by atoms with Gasteiger partial charge in [-0.3, -0.25) is 4.79 Å². The first-order chi connectivity index (χ1) is 13.6. The zero-order valence-corrected chi connectivity index (χ0v) is 16.8. The molecule has 6 nitrogen and oxygen atoms in total. The van der Waals surface area contributed by atoms with Crippen LogP contribution in [0.15, 0.2) is 35.5 Å². The molecule has 1 N–H and O–H groups in total. The second-order valence-electron chi connectivity index (χ2n) is 6.89. The topological polar surface area (TPSA) is 61.4 Å². The summed E-state index contributed by atoms with van der Waals surface area (Å²) in [5, 5.41) is 3.79. The summed E-state index contributed by atoms with van der Waals surface area (Å²) < 4.78 is 14.0. The second kappa shape index (κ2) is 8.53. The smallest absolute Gasteiger partial charge is 0.230 e. The number of aromatic nitrogens is 2. The van der Waals surface area contributed by atoms with Gasteiger partial charge >= 0.3 is 0 Å². The Hall–Kier alpha value is -2.06. The van der Waals surface area contributed by atoms with Crippen molar-refractivity contribution in [2.24, 2.45) is 0 Å². The van der Waals surface area contributed by atoms with Crippen LogP contribution >= 0.6 is 23.4 Å². The Bertz CT molecular complexity index is 858. The Morgan fingerprint density at radius 2 is 1.89 bits per heavy atom. The van der Waals surface area contributed by atoms with Crippen molar-refractivity contribution in [3.8, 4) is 0 Å². The number of amides is 1. The molecular formula is C19H21ClFN5OS. The van der Waals surface area contributed by atoms with E-state index in [1.165, 1.54) is 17.8 Å². The lowest BCUT2D eigenvalue weighted by molar-refractivity contribution is -0.118. The van der Waals surface area contributed by atoms with Gasteiger partial charge in [-0.05, 0) is 25.0 Å². The molecule has 0 bridgehead atoms. The van der Waals surface area contributed by atoms with Crippen LogP contribution < -0.4 is 15.1 Å². The molecule has 4 rings (SSSR count). The average Bonchev–Trinajstić information content (AvgIpc) is 3.50. The quantitative estimate of drug-likeness (QED) is 0.439. The molecule has 0 spiro atoms. The summed E-state index contributed by atoms with van der Waals surface area (Å²) in [6.07, 6.45) is 2.13. The number of carbonyl (C=O) groups is 1. The lowest BCUT2D eigenvalue weighted by atomic mass is 10.2. The maximum Gasteiger partial charge on any atom is 0.230 e. The van der Waals surface area contributed by atoms with Gasteiger partial charge < -0.3 is 15.1 Å². The van der Waals surface area contributed by atoms with E-state index in [2.05, 4.69) is 20.2 Å². The van der Waals surface area contributed by atoms with Gasteiger partial charge in [0.1, 0.15) is 16.8 Å². The molecule has 1 saturated heterocycles. The monoisotopic (exact) mass is 421 g/mol. The molecule has 9 heteroatoms. The molecule has 2 aromatic rings. The van der Waals surface area contributed by atoms with Crippen LogP contribution in [0.2, 0.25) is 5.15 Å². The van der Waals surface area contributed by atoms with Gasteiger partial charge in [0.2, 0.25) is 5.91 Å². The lowest BCUT2D eigenvalue weighted by Gasteiger charge is -2.36. The summed E-state index contributed by atoms with van der Waals surface area (Å²) >= 11 is 7.46. The van der Waals surface area contributed by atoms with E-state index in [0.717, 1.165) is 18.7 Å². The summed E-state index contributed by atoms with van der Waals surface area (Å²) in [7, 11) is 0. The highest BCUT2D eigenvalue weighted by Crippen LogP contribution is 2.25. The molecule has 2 fully saturated rings. The number of hydrogen-bond donors (Lipinski definition) is 1. The number of piperazine rings is 1. The first kappa shape index (κ1) is 19.3. The van der Waals surface area contributed by atoms with Crippen molar-refractivity contribution in [1.82, 2.24) is 15.3 Å². The number of hydrogen-bond acceptors (Lipinski definition) is 6. The summed E-state index contributed by atoms with van der Waals surface area (Å²) in [6, 6.07) is 8.90. The molecule has 0 atom stereocenters. The zero-order valence-electron chi connectivity index (χ0n) is 15.3. The number of nitrogens with zero attached hydrogens (tertiary/aromatic N) is 4. The number of anilines is 2. The number of carbonyl (C=O) groups excluding carboxylic acids is 1. The van der Waals surface area contributed by atoms with Crippen molar-refractivity contribution >= 4 is 40.8 Å². The molecule has 0 radical (unpaired) electrons. The minimum Gasteiger partial charge on any atom is -0.366 e. The van der Waals surface area contributed by atoms with Crippen molar-refractivity contribution in [1.29, 1.82) is 0 Å². The van der Waals surface area contributed by atoms with Gasteiger partial charge in [0.05, 0.1) is 11.4 Å². The van der Waals surface area contributed by atoms with E-state index >= 15 is 0 Å². The van der Waals surface area contributed by atoms with Gasteiger partial charge in [0, 0.05) is 38.3 Å². The highest BCUT2D eigenvalue weighted by atomic mass is 35.5. The predicted octanol–water partition coefficient (Wildman–Crippen LogP) is 2.97. The number of para-hydroxylation sites is 1. The number of halogens is 2. The van der Waals surface area contributed by atoms with Crippen LogP contribution in [0.4, 0.5) is 15.9 Å². The highest BCUT2D eigenvalue weighted by Gasteiger charge is 2.24. The minimum absolute atomic E-state index is 0.00359. The summed E-state index contributed by atoms with van der Waals surface area (Å²) in [4.78, 5) is 24.8. The van der Waals surface area contributed by atoms with E-state index in [0.29, 0.717) is 48.2 Å². The Kier molecular flexibility index (Phi) is 5.87. The Morgan fingerprint density at radius 1 is 1.18 bits per heavy atom. The van der Waals surface area contributed by atoms with Crippen molar-refractivity contribution in [2.45, 2.75) is 24.0 Å². The molecule has 1 aliphatic heterocycles. The van der Waals surface area contributed by atoms with E-state index in [4.69, 9.17) is 11.6 Å². The molecule has 2 aliphatic rings. The molecule has 1 amide bonds. The molecule has 0 unspecified atom stereocenters. The maximum absolute atomic E-state index is 14.0. The van der Waals surface area contributed by atoms with Crippen LogP contribution in [0, 0.1) is 5.82 Å². The van der Waals surface area contributed by atoms with Crippen LogP contribution in [0.3, 0.4) is 0 Å². The lowest BCUT2D eigenvalue weighted by Crippen LogP contribution is -2.47. The van der Waals surface area contributed by atoms with Crippen molar-refractivity contribution in [2.75, 3.05) is 41.7 Å². The van der Waals surface area contributed by atoms with E-state index in [1.807, 2.05) is 11.0 Å². The summed E-state index contributed by atoms with van der Waals surface area (Å²) in [6.45, 7) is 2.78. The SMILES string of the molecule is O=C(CSc1nc(Cl)cc(N2CCN(c3ccccc3F)CC2)n1)NC1CC1. The van der Waals surface area contributed by atoms with E-state index in [1.54, 1.807) is 18.2 Å². The van der Waals surface area contributed by atoms with Crippen molar-refractivity contribution < 1.29 is 9.18 Å². The zero-order chi connectivity index (χ0) is 19.5. The van der Waals surface area contributed by atoms with E-state index in [9.17, 15) is 9.18 Å². The number of thioether (sulfide) groups is 1. The van der Waals surface area contributed by atoms with Gasteiger partial charge in [0.15, 0.2) is 5.16 Å². The molecule has 28 heavy (non-hydrogen) atoms.